The van der Waals surface area contributed by atoms with Crippen molar-refractivity contribution in [1.29, 1.82) is 0 Å². The van der Waals surface area contributed by atoms with Gasteiger partial charge in [-0.2, -0.15) is 9.78 Å². The summed E-state index contributed by atoms with van der Waals surface area (Å²) >= 11 is 1.52. The van der Waals surface area contributed by atoms with E-state index in [-0.39, 0.29) is 17.5 Å². The van der Waals surface area contributed by atoms with Crippen molar-refractivity contribution in [1.82, 2.24) is 19.7 Å². The van der Waals surface area contributed by atoms with E-state index >= 15 is 0 Å². The molecule has 2 heterocycles. The van der Waals surface area contributed by atoms with Gasteiger partial charge in [0, 0.05) is 29.9 Å². The van der Waals surface area contributed by atoms with E-state index in [0.717, 1.165) is 26.9 Å². The highest BCUT2D eigenvalue weighted by Crippen LogP contribution is 2.33. The Hall–Kier alpha value is -3.00. The molecule has 0 bridgehead atoms. The lowest BCUT2D eigenvalue weighted by atomic mass is 10.3. The van der Waals surface area contributed by atoms with E-state index in [0.29, 0.717) is 0 Å². The van der Waals surface area contributed by atoms with Crippen LogP contribution in [0.5, 0.6) is 0 Å². The average molecular weight is 367 g/mol. The summed E-state index contributed by atoms with van der Waals surface area (Å²) in [5.74, 6) is -0.424. The van der Waals surface area contributed by atoms with Crippen LogP contribution in [0.4, 0.5) is 5.69 Å². The Kier molecular flexibility index (Phi) is 5.13. The van der Waals surface area contributed by atoms with Crippen molar-refractivity contribution in [3.8, 4) is 0 Å². The molecule has 7 nitrogen and oxygen atoms in total. The fourth-order valence-corrected chi connectivity index (χ4v) is 3.35. The summed E-state index contributed by atoms with van der Waals surface area (Å²) in [4.78, 5) is 33.5. The molecule has 0 radical (unpaired) electrons. The van der Waals surface area contributed by atoms with Crippen LogP contribution in [0.25, 0.3) is 0 Å². The van der Waals surface area contributed by atoms with E-state index in [2.05, 4.69) is 20.4 Å². The van der Waals surface area contributed by atoms with E-state index < -0.39 is 0 Å². The molecule has 0 saturated carbocycles. The van der Waals surface area contributed by atoms with Crippen LogP contribution in [0.15, 0.2) is 52.6 Å². The van der Waals surface area contributed by atoms with Crippen LogP contribution in [0.3, 0.4) is 0 Å². The minimum absolute atomic E-state index is 0.110. The van der Waals surface area contributed by atoms with E-state index in [1.54, 1.807) is 0 Å². The molecule has 1 N–H and O–H groups in total. The molecule has 0 aliphatic carbocycles. The van der Waals surface area contributed by atoms with Crippen LogP contribution in [-0.2, 0) is 4.79 Å². The molecule has 0 unspecified atom stereocenters. The molecule has 0 fully saturated rings. The van der Waals surface area contributed by atoms with Crippen LogP contribution in [0.1, 0.15) is 28.8 Å². The Labute approximate surface area is 154 Å². The molecule has 1 aromatic carbocycles. The van der Waals surface area contributed by atoms with Crippen molar-refractivity contribution in [2.45, 2.75) is 30.6 Å². The zero-order valence-electron chi connectivity index (χ0n) is 14.6. The first-order chi connectivity index (χ1) is 12.5. The molecule has 0 aliphatic heterocycles. The van der Waals surface area contributed by atoms with E-state index in [1.807, 2.05) is 38.1 Å². The molecule has 0 spiro atoms. The topological polar surface area (TPSA) is 89.8 Å². The smallest absolute Gasteiger partial charge is 0.298 e. The second-order valence-corrected chi connectivity index (χ2v) is 6.70. The Morgan fingerprint density at radius 3 is 2.46 bits per heavy atom. The number of amides is 1. The fraction of sp³-hybridized carbons (Fsp3) is 0.167. The Morgan fingerprint density at radius 1 is 1.12 bits per heavy atom. The number of nitrogens with one attached hydrogen (secondary N) is 1. The number of aromatic nitrogens is 4. The van der Waals surface area contributed by atoms with Gasteiger partial charge in [0.25, 0.3) is 5.91 Å². The summed E-state index contributed by atoms with van der Waals surface area (Å²) in [6.45, 7) is 5.18. The van der Waals surface area contributed by atoms with Gasteiger partial charge in [-0.15, -0.1) is 0 Å². The van der Waals surface area contributed by atoms with E-state index in [4.69, 9.17) is 0 Å². The van der Waals surface area contributed by atoms with Gasteiger partial charge < -0.3 is 5.32 Å². The average Bonchev–Trinajstić information content (AvgIpc) is 2.91. The lowest BCUT2D eigenvalue weighted by Crippen LogP contribution is -2.16. The number of benzene rings is 1. The molecule has 3 aromatic rings. The summed E-state index contributed by atoms with van der Waals surface area (Å²) in [5, 5.41) is 7.09. The van der Waals surface area contributed by atoms with Gasteiger partial charge in [-0.3, -0.25) is 14.6 Å². The molecule has 0 saturated heterocycles. The summed E-state index contributed by atoms with van der Waals surface area (Å²) in [5.41, 5.74) is 2.49. The monoisotopic (exact) mass is 367 g/mol. The number of carbonyl (C=O) groups excluding carboxylic acids is 2. The fourth-order valence-electron chi connectivity index (χ4n) is 2.42. The lowest BCUT2D eigenvalue weighted by Gasteiger charge is -2.06. The van der Waals surface area contributed by atoms with Crippen molar-refractivity contribution >= 4 is 29.3 Å². The Morgan fingerprint density at radius 2 is 1.85 bits per heavy atom. The number of hydrogen-bond acceptors (Lipinski definition) is 6. The normalized spacial score (nSPS) is 10.6. The third kappa shape index (κ3) is 3.80. The van der Waals surface area contributed by atoms with Crippen LogP contribution < -0.4 is 5.32 Å². The second kappa shape index (κ2) is 7.49. The van der Waals surface area contributed by atoms with Crippen molar-refractivity contribution in [3.05, 3.63) is 59.9 Å². The number of carbonyl (C=O) groups is 2. The van der Waals surface area contributed by atoms with Gasteiger partial charge in [0.05, 0.1) is 22.5 Å². The van der Waals surface area contributed by atoms with Gasteiger partial charge in [-0.25, -0.2) is 4.98 Å². The SMILES string of the molecule is CC(=O)Nc1ccc(Sc2c(C)nn(C(=O)c3cnccn3)c2C)cc1. The maximum Gasteiger partial charge on any atom is 0.298 e. The maximum absolute atomic E-state index is 12.6. The van der Waals surface area contributed by atoms with E-state index in [9.17, 15) is 9.59 Å². The Balaban J connectivity index is 1.84. The Bertz CT molecular complexity index is 952. The molecule has 2 aromatic heterocycles. The van der Waals surface area contributed by atoms with E-state index in [1.165, 1.54) is 42.0 Å². The number of hydrogen-bond donors (Lipinski definition) is 1. The molecule has 26 heavy (non-hydrogen) atoms. The number of nitrogens with zero attached hydrogens (tertiary/aromatic N) is 4. The van der Waals surface area contributed by atoms with Crippen molar-refractivity contribution in [2.24, 2.45) is 0 Å². The quantitative estimate of drug-likeness (QED) is 0.762. The van der Waals surface area contributed by atoms with Crippen LogP contribution in [0.2, 0.25) is 0 Å². The number of rotatable bonds is 4. The molecule has 1 amide bonds. The molecular weight excluding hydrogens is 350 g/mol. The van der Waals surface area contributed by atoms with Crippen LogP contribution >= 0.6 is 11.8 Å². The summed E-state index contributed by atoms with van der Waals surface area (Å²) < 4.78 is 1.35. The first-order valence-electron chi connectivity index (χ1n) is 7.88. The molecule has 8 heteroatoms. The van der Waals surface area contributed by atoms with Crippen molar-refractivity contribution in [3.63, 3.8) is 0 Å². The largest absolute Gasteiger partial charge is 0.326 e. The first-order valence-corrected chi connectivity index (χ1v) is 8.70. The number of anilines is 1. The molecule has 3 rings (SSSR count). The van der Waals surface area contributed by atoms with Gasteiger partial charge in [0.1, 0.15) is 5.69 Å². The van der Waals surface area contributed by atoms with Gasteiger partial charge in [0.2, 0.25) is 5.91 Å². The minimum Gasteiger partial charge on any atom is -0.326 e. The lowest BCUT2D eigenvalue weighted by molar-refractivity contribution is -0.114. The van der Waals surface area contributed by atoms with Crippen molar-refractivity contribution in [2.75, 3.05) is 5.32 Å². The predicted octanol–water partition coefficient (Wildman–Crippen LogP) is 3.09. The zero-order valence-corrected chi connectivity index (χ0v) is 15.4. The third-order valence-electron chi connectivity index (χ3n) is 3.59. The molecule has 0 atom stereocenters. The van der Waals surface area contributed by atoms with Gasteiger partial charge >= 0.3 is 0 Å². The van der Waals surface area contributed by atoms with Gasteiger partial charge in [-0.1, -0.05) is 11.8 Å². The summed E-state index contributed by atoms with van der Waals surface area (Å²) in [7, 11) is 0. The molecular formula is C18H17N5O2S. The first kappa shape index (κ1) is 17.8. The van der Waals surface area contributed by atoms with Crippen LogP contribution in [0, 0.1) is 13.8 Å². The van der Waals surface area contributed by atoms with Gasteiger partial charge in [-0.05, 0) is 38.1 Å². The third-order valence-corrected chi connectivity index (χ3v) is 4.90. The summed E-state index contributed by atoms with van der Waals surface area (Å²) in [6.07, 6.45) is 4.42. The highest BCUT2D eigenvalue weighted by atomic mass is 32.2. The van der Waals surface area contributed by atoms with Crippen LogP contribution in [-0.4, -0.2) is 31.6 Å². The highest BCUT2D eigenvalue weighted by molar-refractivity contribution is 7.99. The molecule has 0 aliphatic rings. The predicted molar refractivity (Wildman–Crippen MR) is 98.3 cm³/mol. The number of aryl methyl sites for hydroxylation is 1. The maximum atomic E-state index is 12.6. The zero-order chi connectivity index (χ0) is 18.7. The summed E-state index contributed by atoms with van der Waals surface area (Å²) in [6, 6.07) is 7.50. The van der Waals surface area contributed by atoms with Gasteiger partial charge in [0.15, 0.2) is 0 Å². The van der Waals surface area contributed by atoms with Crippen molar-refractivity contribution < 1.29 is 9.59 Å². The highest BCUT2D eigenvalue weighted by Gasteiger charge is 2.19. The minimum atomic E-state index is -0.313. The standard InChI is InChI=1S/C18H17N5O2S/c1-11-17(26-15-6-4-14(5-7-15)21-13(3)24)12(2)23(22-11)18(25)16-10-19-8-9-20-16/h4-10H,1-3H3,(H,21,24). The second-order valence-electron chi connectivity index (χ2n) is 5.62. The molecule has 132 valence electrons.